The van der Waals surface area contributed by atoms with E-state index in [1.807, 2.05) is 6.07 Å². The quantitative estimate of drug-likeness (QED) is 0.489. The lowest BCUT2D eigenvalue weighted by atomic mass is 10.4. The van der Waals surface area contributed by atoms with E-state index in [2.05, 4.69) is 10.3 Å². The molecule has 1 atom stereocenters. The molecule has 0 heterocycles. The van der Waals surface area contributed by atoms with E-state index in [0.29, 0.717) is 0 Å². The molecule has 0 radical (unpaired) electrons. The zero-order chi connectivity index (χ0) is 7.98. The van der Waals surface area contributed by atoms with Crippen LogP contribution in [0.3, 0.4) is 0 Å². The summed E-state index contributed by atoms with van der Waals surface area (Å²) in [4.78, 5) is 14.5. The Labute approximate surface area is 58.7 Å². The van der Waals surface area contributed by atoms with Crippen molar-refractivity contribution in [2.24, 2.45) is 5.73 Å². The fourth-order valence-electron chi connectivity index (χ4n) is 0.264. The van der Waals surface area contributed by atoms with Crippen LogP contribution in [-0.4, -0.2) is 18.6 Å². The van der Waals surface area contributed by atoms with Crippen LogP contribution in [0.1, 0.15) is 6.92 Å². The van der Waals surface area contributed by atoms with Crippen LogP contribution in [0.4, 0.5) is 0 Å². The predicted molar refractivity (Wildman–Crippen MR) is 33.4 cm³/mol. The maximum absolute atomic E-state index is 10.0. The number of nitrogens with zero attached hydrogens (tertiary/aromatic N) is 1. The van der Waals surface area contributed by atoms with E-state index in [-0.39, 0.29) is 6.61 Å². The molecule has 0 bridgehead atoms. The highest BCUT2D eigenvalue weighted by molar-refractivity contribution is 5.74. The van der Waals surface area contributed by atoms with Crippen molar-refractivity contribution in [3.05, 3.63) is 0 Å². The summed E-state index contributed by atoms with van der Waals surface area (Å²) in [5.41, 5.74) is 7.03. The third-order valence-electron chi connectivity index (χ3n) is 0.668. The first-order chi connectivity index (χ1) is 4.66. The zero-order valence-corrected chi connectivity index (χ0v) is 5.63. The molecule has 1 unspecified atom stereocenters. The number of primary amides is 1. The number of carbonyl (C=O) groups is 1. The van der Waals surface area contributed by atoms with Crippen molar-refractivity contribution in [3.8, 4) is 6.07 Å². The van der Waals surface area contributed by atoms with Gasteiger partial charge in [-0.05, 0) is 6.92 Å². The van der Waals surface area contributed by atoms with Gasteiger partial charge in [-0.3, -0.25) is 9.63 Å². The molecule has 0 saturated heterocycles. The Balaban J connectivity index is 3.22. The Morgan fingerprint density at radius 3 is 3.00 bits per heavy atom. The standard InChI is InChI=1S/C5H9N3O2/c1-4(2-6)8-10-3-5(7)9/h4,8H,3H2,1H3,(H2,7,9). The number of nitriles is 1. The lowest BCUT2D eigenvalue weighted by Crippen LogP contribution is -2.29. The molecule has 0 saturated carbocycles. The summed E-state index contributed by atoms with van der Waals surface area (Å²) in [5, 5.41) is 8.19. The van der Waals surface area contributed by atoms with Crippen LogP contribution < -0.4 is 11.2 Å². The first kappa shape index (κ1) is 8.88. The summed E-state index contributed by atoms with van der Waals surface area (Å²) in [7, 11) is 0. The van der Waals surface area contributed by atoms with Gasteiger partial charge in [0.15, 0.2) is 0 Å². The molecule has 56 valence electrons. The van der Waals surface area contributed by atoms with E-state index < -0.39 is 11.9 Å². The second kappa shape index (κ2) is 4.73. The molecular formula is C5H9N3O2. The van der Waals surface area contributed by atoms with Gasteiger partial charge < -0.3 is 5.73 Å². The van der Waals surface area contributed by atoms with Crippen LogP contribution in [-0.2, 0) is 9.63 Å². The SMILES string of the molecule is CC(C#N)NOCC(N)=O. The lowest BCUT2D eigenvalue weighted by molar-refractivity contribution is -0.125. The molecule has 10 heavy (non-hydrogen) atoms. The van der Waals surface area contributed by atoms with Crippen LogP contribution in [0.5, 0.6) is 0 Å². The molecule has 0 aliphatic rings. The van der Waals surface area contributed by atoms with Crippen LogP contribution in [0, 0.1) is 11.3 Å². The first-order valence-electron chi connectivity index (χ1n) is 2.72. The minimum Gasteiger partial charge on any atom is -0.368 e. The Hall–Kier alpha value is -1.12. The molecule has 0 spiro atoms. The average Bonchev–Trinajstić information content (AvgIpc) is 1.87. The van der Waals surface area contributed by atoms with E-state index in [1.165, 1.54) is 0 Å². The van der Waals surface area contributed by atoms with Crippen LogP contribution in [0.25, 0.3) is 0 Å². The van der Waals surface area contributed by atoms with Gasteiger partial charge in [0, 0.05) is 0 Å². The molecular weight excluding hydrogens is 134 g/mol. The highest BCUT2D eigenvalue weighted by atomic mass is 16.6. The largest absolute Gasteiger partial charge is 0.368 e. The van der Waals surface area contributed by atoms with Crippen molar-refractivity contribution in [1.82, 2.24) is 5.48 Å². The van der Waals surface area contributed by atoms with Gasteiger partial charge in [0.2, 0.25) is 5.91 Å². The first-order valence-corrected chi connectivity index (χ1v) is 2.72. The van der Waals surface area contributed by atoms with Crippen LogP contribution >= 0.6 is 0 Å². The molecule has 0 aliphatic carbocycles. The number of amides is 1. The Morgan fingerprint density at radius 1 is 2.00 bits per heavy atom. The maximum Gasteiger partial charge on any atom is 0.245 e. The van der Waals surface area contributed by atoms with Gasteiger partial charge in [0.05, 0.1) is 6.07 Å². The molecule has 5 nitrogen and oxygen atoms in total. The number of hydrogen-bond acceptors (Lipinski definition) is 4. The molecule has 3 N–H and O–H groups in total. The molecule has 0 aromatic carbocycles. The molecule has 1 amide bonds. The molecule has 5 heteroatoms. The number of carbonyl (C=O) groups excluding carboxylic acids is 1. The Morgan fingerprint density at radius 2 is 2.60 bits per heavy atom. The van der Waals surface area contributed by atoms with E-state index in [1.54, 1.807) is 6.92 Å². The number of rotatable bonds is 4. The van der Waals surface area contributed by atoms with Crippen LogP contribution in [0.15, 0.2) is 0 Å². The zero-order valence-electron chi connectivity index (χ0n) is 5.63. The minimum absolute atomic E-state index is 0.216. The fraction of sp³-hybridized carbons (Fsp3) is 0.600. The summed E-state index contributed by atoms with van der Waals surface area (Å²) in [6.07, 6.45) is 0. The summed E-state index contributed by atoms with van der Waals surface area (Å²) in [6, 6.07) is 1.42. The Bertz CT molecular complexity index is 151. The van der Waals surface area contributed by atoms with E-state index >= 15 is 0 Å². The van der Waals surface area contributed by atoms with Gasteiger partial charge in [-0.1, -0.05) is 0 Å². The number of hydrogen-bond donors (Lipinski definition) is 2. The Kier molecular flexibility index (Phi) is 4.20. The van der Waals surface area contributed by atoms with Crippen molar-refractivity contribution < 1.29 is 9.63 Å². The molecule has 0 aromatic rings. The van der Waals surface area contributed by atoms with Crippen molar-refractivity contribution in [3.63, 3.8) is 0 Å². The van der Waals surface area contributed by atoms with Crippen LogP contribution in [0.2, 0.25) is 0 Å². The molecule has 0 aromatic heterocycles. The minimum atomic E-state index is -0.572. The molecule has 0 rings (SSSR count). The molecule has 0 fully saturated rings. The summed E-state index contributed by atoms with van der Waals surface area (Å²) >= 11 is 0. The number of nitrogens with two attached hydrogens (primary N) is 1. The number of nitrogens with one attached hydrogen (secondary N) is 1. The highest BCUT2D eigenvalue weighted by Gasteiger charge is 1.98. The highest BCUT2D eigenvalue weighted by Crippen LogP contribution is 1.75. The second-order valence-electron chi connectivity index (χ2n) is 1.72. The topological polar surface area (TPSA) is 88.1 Å². The van der Waals surface area contributed by atoms with Crippen molar-refractivity contribution in [1.29, 1.82) is 5.26 Å². The van der Waals surface area contributed by atoms with Gasteiger partial charge in [0.25, 0.3) is 0 Å². The van der Waals surface area contributed by atoms with Crippen molar-refractivity contribution in [2.45, 2.75) is 13.0 Å². The van der Waals surface area contributed by atoms with Gasteiger partial charge in [0.1, 0.15) is 12.6 Å². The summed E-state index contributed by atoms with van der Waals surface area (Å²) in [6.45, 7) is 1.38. The summed E-state index contributed by atoms with van der Waals surface area (Å²) < 4.78 is 0. The normalized spacial score (nSPS) is 12.0. The average molecular weight is 143 g/mol. The predicted octanol–water partition coefficient (Wildman–Crippen LogP) is -1.10. The summed E-state index contributed by atoms with van der Waals surface area (Å²) in [5.74, 6) is -0.572. The lowest BCUT2D eigenvalue weighted by Gasteiger charge is -2.03. The van der Waals surface area contributed by atoms with Gasteiger partial charge in [-0.25, -0.2) is 0 Å². The van der Waals surface area contributed by atoms with Gasteiger partial charge in [-0.15, -0.1) is 0 Å². The number of hydroxylamine groups is 1. The smallest absolute Gasteiger partial charge is 0.245 e. The third-order valence-corrected chi connectivity index (χ3v) is 0.668. The van der Waals surface area contributed by atoms with E-state index in [9.17, 15) is 4.79 Å². The van der Waals surface area contributed by atoms with Gasteiger partial charge >= 0.3 is 0 Å². The third kappa shape index (κ3) is 5.03. The van der Waals surface area contributed by atoms with Gasteiger partial charge in [-0.2, -0.15) is 10.7 Å². The van der Waals surface area contributed by atoms with Crippen molar-refractivity contribution in [2.75, 3.05) is 6.61 Å². The van der Waals surface area contributed by atoms with Crippen molar-refractivity contribution >= 4 is 5.91 Å². The molecule has 0 aliphatic heterocycles. The maximum atomic E-state index is 10.0. The fourth-order valence-corrected chi connectivity index (χ4v) is 0.264. The van der Waals surface area contributed by atoms with E-state index in [4.69, 9.17) is 11.0 Å². The second-order valence-corrected chi connectivity index (χ2v) is 1.72. The monoisotopic (exact) mass is 143 g/mol. The van der Waals surface area contributed by atoms with E-state index in [0.717, 1.165) is 0 Å².